The Morgan fingerprint density at radius 3 is 1.56 bits per heavy atom. The van der Waals surface area contributed by atoms with E-state index < -0.39 is 8.07 Å². The first-order valence-corrected chi connectivity index (χ1v) is 21.2. The SMILES string of the molecule is c1ccc(-c2nc(-c3ccccc3)nc(-n3c4ccccc4c4cc([Si](c5ccccc5)(c5ccccc5)c5cccc6c5oc5ccccc56)ccc43)n2)cc1. The van der Waals surface area contributed by atoms with Crippen molar-refractivity contribution in [2.45, 2.75) is 0 Å². The molecule has 6 heteroatoms. The number of fused-ring (bicyclic) bond motifs is 6. The van der Waals surface area contributed by atoms with Crippen LogP contribution in [0.15, 0.2) is 211 Å². The summed E-state index contributed by atoms with van der Waals surface area (Å²) in [7, 11) is -3.05. The Balaban J connectivity index is 1.23. The molecule has 0 saturated heterocycles. The number of para-hydroxylation sites is 3. The second-order valence-electron chi connectivity index (χ2n) is 14.4. The molecule has 3 heterocycles. The van der Waals surface area contributed by atoms with E-state index in [9.17, 15) is 0 Å². The van der Waals surface area contributed by atoms with Gasteiger partial charge in [0.1, 0.15) is 11.2 Å². The Morgan fingerprint density at radius 1 is 0.386 bits per heavy atom. The third-order valence-corrected chi connectivity index (χ3v) is 16.0. The highest BCUT2D eigenvalue weighted by Gasteiger charge is 2.44. The molecule has 0 aliphatic rings. The molecule has 0 N–H and O–H groups in total. The van der Waals surface area contributed by atoms with E-state index in [0.29, 0.717) is 17.6 Å². The number of hydrogen-bond donors (Lipinski definition) is 0. The molecule has 268 valence electrons. The summed E-state index contributed by atoms with van der Waals surface area (Å²) >= 11 is 0. The Bertz CT molecular complexity index is 3140. The van der Waals surface area contributed by atoms with Crippen molar-refractivity contribution in [3.05, 3.63) is 206 Å². The molecule has 0 amide bonds. The molecular formula is C51H34N4OSi. The average Bonchev–Trinajstić information content (AvgIpc) is 3.84. The van der Waals surface area contributed by atoms with E-state index in [4.69, 9.17) is 19.4 Å². The van der Waals surface area contributed by atoms with Crippen molar-refractivity contribution < 1.29 is 4.42 Å². The van der Waals surface area contributed by atoms with Crippen LogP contribution in [0.2, 0.25) is 0 Å². The summed E-state index contributed by atoms with van der Waals surface area (Å²) in [5.74, 6) is 1.82. The zero-order chi connectivity index (χ0) is 37.8. The predicted molar refractivity (Wildman–Crippen MR) is 236 cm³/mol. The van der Waals surface area contributed by atoms with E-state index >= 15 is 0 Å². The Labute approximate surface area is 330 Å². The number of benzene rings is 8. The lowest BCUT2D eigenvalue weighted by Crippen LogP contribution is -2.74. The van der Waals surface area contributed by atoms with Crippen LogP contribution < -0.4 is 20.7 Å². The Hall–Kier alpha value is -7.41. The van der Waals surface area contributed by atoms with Crippen LogP contribution in [0.5, 0.6) is 0 Å². The molecule has 0 radical (unpaired) electrons. The first-order chi connectivity index (χ1) is 28.3. The van der Waals surface area contributed by atoms with E-state index in [-0.39, 0.29) is 0 Å². The van der Waals surface area contributed by atoms with Crippen LogP contribution in [0.1, 0.15) is 0 Å². The number of aromatic nitrogens is 4. The molecule has 0 aliphatic heterocycles. The second-order valence-corrected chi connectivity index (χ2v) is 18.1. The molecule has 3 aromatic heterocycles. The molecule has 0 spiro atoms. The lowest BCUT2D eigenvalue weighted by atomic mass is 10.1. The quantitative estimate of drug-likeness (QED) is 0.121. The van der Waals surface area contributed by atoms with Gasteiger partial charge in [-0.25, -0.2) is 4.98 Å². The molecule has 0 atom stereocenters. The molecule has 0 unspecified atom stereocenters. The van der Waals surface area contributed by atoms with E-state index in [1.807, 2.05) is 66.7 Å². The zero-order valence-electron chi connectivity index (χ0n) is 30.8. The predicted octanol–water partition coefficient (Wildman–Crippen LogP) is 9.58. The normalized spacial score (nSPS) is 11.9. The van der Waals surface area contributed by atoms with Crippen molar-refractivity contribution >= 4 is 72.6 Å². The molecule has 11 rings (SSSR count). The third kappa shape index (κ3) is 5.26. The van der Waals surface area contributed by atoms with Crippen LogP contribution in [0.3, 0.4) is 0 Å². The highest BCUT2D eigenvalue weighted by molar-refractivity contribution is 7.20. The van der Waals surface area contributed by atoms with Gasteiger partial charge in [-0.1, -0.05) is 188 Å². The van der Waals surface area contributed by atoms with Gasteiger partial charge in [-0.15, -0.1) is 0 Å². The monoisotopic (exact) mass is 746 g/mol. The van der Waals surface area contributed by atoms with Crippen LogP contribution in [0.4, 0.5) is 0 Å². The van der Waals surface area contributed by atoms with Crippen LogP contribution in [-0.2, 0) is 0 Å². The van der Waals surface area contributed by atoms with Gasteiger partial charge < -0.3 is 4.42 Å². The van der Waals surface area contributed by atoms with Crippen molar-refractivity contribution in [1.29, 1.82) is 0 Å². The number of furan rings is 1. The fourth-order valence-electron chi connectivity index (χ4n) is 8.70. The van der Waals surface area contributed by atoms with Gasteiger partial charge in [-0.3, -0.25) is 4.57 Å². The van der Waals surface area contributed by atoms with Gasteiger partial charge in [-0.2, -0.15) is 9.97 Å². The number of nitrogens with zero attached hydrogens (tertiary/aromatic N) is 4. The van der Waals surface area contributed by atoms with Crippen molar-refractivity contribution in [2.24, 2.45) is 0 Å². The summed E-state index contributed by atoms with van der Waals surface area (Å²) in [6, 6.07) is 73.0. The van der Waals surface area contributed by atoms with Crippen LogP contribution in [0, 0.1) is 0 Å². The van der Waals surface area contributed by atoms with Gasteiger partial charge in [0.2, 0.25) is 5.95 Å². The maximum atomic E-state index is 6.88. The van der Waals surface area contributed by atoms with Crippen molar-refractivity contribution in [3.8, 4) is 28.7 Å². The summed E-state index contributed by atoms with van der Waals surface area (Å²) in [5.41, 5.74) is 5.75. The van der Waals surface area contributed by atoms with Gasteiger partial charge >= 0.3 is 0 Å². The molecule has 57 heavy (non-hydrogen) atoms. The molecule has 0 saturated carbocycles. The molecule has 8 aromatic carbocycles. The highest BCUT2D eigenvalue weighted by atomic mass is 28.3. The largest absolute Gasteiger partial charge is 0.456 e. The van der Waals surface area contributed by atoms with Crippen LogP contribution in [-0.4, -0.2) is 27.6 Å². The van der Waals surface area contributed by atoms with E-state index in [2.05, 4.69) is 144 Å². The minimum Gasteiger partial charge on any atom is -0.456 e. The second kappa shape index (κ2) is 13.4. The zero-order valence-corrected chi connectivity index (χ0v) is 31.8. The van der Waals surface area contributed by atoms with Gasteiger partial charge in [0, 0.05) is 32.7 Å². The molecular weight excluding hydrogens is 713 g/mol. The highest BCUT2D eigenvalue weighted by Crippen LogP contribution is 2.34. The van der Waals surface area contributed by atoms with Crippen molar-refractivity contribution in [1.82, 2.24) is 19.5 Å². The smallest absolute Gasteiger partial charge is 0.238 e. The number of hydrogen-bond acceptors (Lipinski definition) is 4. The third-order valence-electron chi connectivity index (χ3n) is 11.2. The average molecular weight is 747 g/mol. The molecule has 0 fully saturated rings. The molecule has 5 nitrogen and oxygen atoms in total. The Morgan fingerprint density at radius 2 is 0.912 bits per heavy atom. The molecule has 11 aromatic rings. The molecule has 0 bridgehead atoms. The minimum atomic E-state index is -3.05. The van der Waals surface area contributed by atoms with Gasteiger partial charge in [0.25, 0.3) is 0 Å². The van der Waals surface area contributed by atoms with E-state index in [1.165, 1.54) is 20.7 Å². The standard InChI is InChI=1S/C51H34N4OSi/c1-5-18-35(19-6-1)49-52-50(36-20-7-2-8-21-36)54-51(53-49)55-44-29-15-13-26-40(44)43-34-39(32-33-45(43)55)57(37-22-9-3-10-23-37,38-24-11-4-12-25-38)47-31-17-28-42-41-27-14-16-30-46(41)56-48(42)47/h1-34H. The maximum Gasteiger partial charge on any atom is 0.238 e. The minimum absolute atomic E-state index is 0.573. The summed E-state index contributed by atoms with van der Waals surface area (Å²) in [4.78, 5) is 15.3. The van der Waals surface area contributed by atoms with Gasteiger partial charge in [0.05, 0.1) is 11.0 Å². The topological polar surface area (TPSA) is 56.7 Å². The van der Waals surface area contributed by atoms with Crippen LogP contribution >= 0.6 is 0 Å². The first kappa shape index (κ1) is 33.0. The number of rotatable bonds is 7. The lowest BCUT2D eigenvalue weighted by molar-refractivity contribution is 0.671. The maximum absolute atomic E-state index is 6.88. The van der Waals surface area contributed by atoms with Crippen molar-refractivity contribution in [3.63, 3.8) is 0 Å². The Kier molecular flexibility index (Phi) is 7.76. The van der Waals surface area contributed by atoms with Gasteiger partial charge in [0.15, 0.2) is 19.7 Å². The fourth-order valence-corrected chi connectivity index (χ4v) is 13.6. The van der Waals surface area contributed by atoms with Gasteiger partial charge in [-0.05, 0) is 38.9 Å². The van der Waals surface area contributed by atoms with E-state index in [1.54, 1.807) is 0 Å². The van der Waals surface area contributed by atoms with Crippen LogP contribution in [0.25, 0.3) is 72.5 Å². The molecule has 0 aliphatic carbocycles. The van der Waals surface area contributed by atoms with E-state index in [0.717, 1.165) is 54.9 Å². The van der Waals surface area contributed by atoms with Crippen molar-refractivity contribution in [2.75, 3.05) is 0 Å². The summed E-state index contributed by atoms with van der Waals surface area (Å²) in [6.45, 7) is 0. The summed E-state index contributed by atoms with van der Waals surface area (Å²) in [5, 5.41) is 9.55. The summed E-state index contributed by atoms with van der Waals surface area (Å²) < 4.78 is 9.07. The lowest BCUT2D eigenvalue weighted by Gasteiger charge is -2.34. The summed E-state index contributed by atoms with van der Waals surface area (Å²) in [6.07, 6.45) is 0. The fraction of sp³-hybridized carbons (Fsp3) is 0. The first-order valence-electron chi connectivity index (χ1n) is 19.2.